The molecule has 0 fully saturated rings. The first kappa shape index (κ1) is 11.4. The molecular formula is C12H13FO2. The molecule has 0 amide bonds. The summed E-state index contributed by atoms with van der Waals surface area (Å²) in [6.07, 6.45) is 1.66. The summed E-state index contributed by atoms with van der Waals surface area (Å²) in [6.45, 7) is 3.33. The molecule has 0 atom stereocenters. The Hall–Kier alpha value is -1.64. The van der Waals surface area contributed by atoms with Gasteiger partial charge in [-0.2, -0.15) is 0 Å². The summed E-state index contributed by atoms with van der Waals surface area (Å²) in [5.41, 5.74) is 1.30. The van der Waals surface area contributed by atoms with Gasteiger partial charge in [-0.15, -0.1) is 0 Å². The Morgan fingerprint density at radius 1 is 1.40 bits per heavy atom. The highest BCUT2D eigenvalue weighted by Gasteiger charge is 1.99. The third-order valence-electron chi connectivity index (χ3n) is 1.81. The van der Waals surface area contributed by atoms with Crippen LogP contribution in [-0.4, -0.2) is 12.6 Å². The van der Waals surface area contributed by atoms with E-state index < -0.39 is 0 Å². The van der Waals surface area contributed by atoms with Crippen molar-refractivity contribution >= 4 is 12.0 Å². The fourth-order valence-corrected chi connectivity index (χ4v) is 1.11. The highest BCUT2D eigenvalue weighted by Crippen LogP contribution is 2.11. The largest absolute Gasteiger partial charge is 0.461 e. The van der Waals surface area contributed by atoms with Crippen molar-refractivity contribution in [3.8, 4) is 0 Å². The normalized spacial score (nSPS) is 11.3. The number of esters is 1. The van der Waals surface area contributed by atoms with E-state index >= 15 is 0 Å². The molecule has 1 rings (SSSR count). The third kappa shape index (κ3) is 3.94. The van der Waals surface area contributed by atoms with Crippen molar-refractivity contribution < 1.29 is 13.9 Å². The van der Waals surface area contributed by atoms with Crippen LogP contribution in [0.15, 0.2) is 29.8 Å². The van der Waals surface area contributed by atoms with E-state index in [1.54, 1.807) is 31.2 Å². The fourth-order valence-electron chi connectivity index (χ4n) is 1.11. The highest BCUT2D eigenvalue weighted by atomic mass is 19.1. The summed E-state index contributed by atoms with van der Waals surface area (Å²) in [5.74, 6) is -0.615. The molecule has 0 saturated carbocycles. The molecule has 2 nitrogen and oxygen atoms in total. The number of hydrogen-bond donors (Lipinski definition) is 0. The van der Waals surface area contributed by atoms with Crippen molar-refractivity contribution in [2.24, 2.45) is 0 Å². The topological polar surface area (TPSA) is 26.3 Å². The Balaban J connectivity index is 2.70. The summed E-state index contributed by atoms with van der Waals surface area (Å²) < 4.78 is 18.0. The van der Waals surface area contributed by atoms with Crippen LogP contribution in [0.4, 0.5) is 4.39 Å². The lowest BCUT2D eigenvalue weighted by atomic mass is 10.1. The van der Waals surface area contributed by atoms with Crippen molar-refractivity contribution in [3.63, 3.8) is 0 Å². The van der Waals surface area contributed by atoms with Crippen molar-refractivity contribution in [1.29, 1.82) is 0 Å². The second-order valence-corrected chi connectivity index (χ2v) is 3.29. The molecule has 0 N–H and O–H groups in total. The second kappa shape index (κ2) is 5.29. The lowest BCUT2D eigenvalue weighted by Crippen LogP contribution is -2.01. The first-order valence-electron chi connectivity index (χ1n) is 4.64. The van der Waals surface area contributed by atoms with Crippen LogP contribution >= 0.6 is 0 Å². The zero-order valence-electron chi connectivity index (χ0n) is 8.79. The number of carbonyl (C=O) groups excluding carboxylic acids is 1. The van der Waals surface area contributed by atoms with Crippen LogP contribution in [0, 0.1) is 5.82 Å². The Labute approximate surface area is 88.4 Å². The van der Waals surface area contributed by atoms with Crippen molar-refractivity contribution in [2.75, 3.05) is 6.61 Å². The van der Waals surface area contributed by atoms with Gasteiger partial charge in [-0.3, -0.25) is 4.79 Å². The molecule has 80 valence electrons. The molecule has 0 bridgehead atoms. The minimum Gasteiger partial charge on any atom is -0.461 e. The molecule has 0 spiro atoms. The van der Waals surface area contributed by atoms with Gasteiger partial charge in [0.25, 0.3) is 0 Å². The molecule has 0 saturated heterocycles. The SMILES string of the molecule is CC(=O)OC/C(C)=C/c1ccccc1F. The maximum atomic E-state index is 13.2. The average Bonchev–Trinajstić information content (AvgIpc) is 2.18. The van der Waals surface area contributed by atoms with Crippen molar-refractivity contribution in [3.05, 3.63) is 41.2 Å². The van der Waals surface area contributed by atoms with Gasteiger partial charge in [0.2, 0.25) is 0 Å². The molecule has 0 aliphatic carbocycles. The average molecular weight is 208 g/mol. The Morgan fingerprint density at radius 3 is 2.67 bits per heavy atom. The van der Waals surface area contributed by atoms with E-state index in [4.69, 9.17) is 4.74 Å². The quantitative estimate of drug-likeness (QED) is 0.714. The van der Waals surface area contributed by atoms with Gasteiger partial charge in [-0.25, -0.2) is 4.39 Å². The van der Waals surface area contributed by atoms with E-state index in [2.05, 4.69) is 0 Å². The number of hydrogen-bond acceptors (Lipinski definition) is 2. The van der Waals surface area contributed by atoms with E-state index in [1.165, 1.54) is 13.0 Å². The lowest BCUT2D eigenvalue weighted by molar-refractivity contribution is -0.139. The minimum absolute atomic E-state index is 0.198. The van der Waals surface area contributed by atoms with Gasteiger partial charge in [0.1, 0.15) is 12.4 Å². The summed E-state index contributed by atoms with van der Waals surface area (Å²) in [7, 11) is 0. The summed E-state index contributed by atoms with van der Waals surface area (Å²) >= 11 is 0. The van der Waals surface area contributed by atoms with Crippen LogP contribution in [0.25, 0.3) is 6.08 Å². The molecule has 1 aromatic rings. The molecule has 0 radical (unpaired) electrons. The summed E-state index contributed by atoms with van der Waals surface area (Å²) in [5, 5.41) is 0. The smallest absolute Gasteiger partial charge is 0.302 e. The van der Waals surface area contributed by atoms with E-state index in [-0.39, 0.29) is 18.4 Å². The molecular weight excluding hydrogens is 195 g/mol. The number of halogens is 1. The maximum absolute atomic E-state index is 13.2. The molecule has 15 heavy (non-hydrogen) atoms. The Bertz CT molecular complexity index is 383. The van der Waals surface area contributed by atoms with Crippen LogP contribution in [0.2, 0.25) is 0 Å². The zero-order chi connectivity index (χ0) is 11.3. The van der Waals surface area contributed by atoms with Crippen molar-refractivity contribution in [1.82, 2.24) is 0 Å². The third-order valence-corrected chi connectivity index (χ3v) is 1.81. The van der Waals surface area contributed by atoms with Gasteiger partial charge in [-0.1, -0.05) is 18.2 Å². The van der Waals surface area contributed by atoms with E-state index in [0.29, 0.717) is 5.56 Å². The first-order valence-corrected chi connectivity index (χ1v) is 4.64. The van der Waals surface area contributed by atoms with Gasteiger partial charge in [0, 0.05) is 12.5 Å². The summed E-state index contributed by atoms with van der Waals surface area (Å²) in [6, 6.07) is 6.46. The van der Waals surface area contributed by atoms with E-state index in [0.717, 1.165) is 5.57 Å². The van der Waals surface area contributed by atoms with Crippen LogP contribution in [0.1, 0.15) is 19.4 Å². The van der Waals surface area contributed by atoms with Gasteiger partial charge in [-0.05, 0) is 24.6 Å². The first-order chi connectivity index (χ1) is 7.09. The summed E-state index contributed by atoms with van der Waals surface area (Å²) in [4.78, 5) is 10.5. The van der Waals surface area contributed by atoms with Crippen molar-refractivity contribution in [2.45, 2.75) is 13.8 Å². The standard InChI is InChI=1S/C12H13FO2/c1-9(8-15-10(2)14)7-11-5-3-4-6-12(11)13/h3-7H,8H2,1-2H3/b9-7+. The van der Waals surface area contributed by atoms with Crippen LogP contribution in [0.3, 0.4) is 0 Å². The molecule has 1 aromatic carbocycles. The number of benzene rings is 1. The molecule has 0 aromatic heterocycles. The van der Waals surface area contributed by atoms with Gasteiger partial charge >= 0.3 is 5.97 Å². The van der Waals surface area contributed by atoms with Gasteiger partial charge in [0.05, 0.1) is 0 Å². The monoisotopic (exact) mass is 208 g/mol. The number of carbonyl (C=O) groups is 1. The zero-order valence-corrected chi connectivity index (χ0v) is 8.79. The fraction of sp³-hybridized carbons (Fsp3) is 0.250. The predicted octanol–water partition coefficient (Wildman–Crippen LogP) is 2.79. The Morgan fingerprint density at radius 2 is 2.07 bits per heavy atom. The van der Waals surface area contributed by atoms with E-state index in [1.807, 2.05) is 0 Å². The second-order valence-electron chi connectivity index (χ2n) is 3.29. The van der Waals surface area contributed by atoms with E-state index in [9.17, 15) is 9.18 Å². The molecule has 0 heterocycles. The molecule has 3 heteroatoms. The van der Waals surface area contributed by atoms with Gasteiger partial charge in [0.15, 0.2) is 0 Å². The molecule has 0 aliphatic rings. The Kier molecular flexibility index (Phi) is 4.03. The number of ether oxygens (including phenoxy) is 1. The van der Waals surface area contributed by atoms with Crippen LogP contribution in [-0.2, 0) is 9.53 Å². The molecule has 0 unspecified atom stereocenters. The minimum atomic E-state index is -0.337. The number of rotatable bonds is 3. The lowest BCUT2D eigenvalue weighted by Gasteiger charge is -2.02. The van der Waals surface area contributed by atoms with Gasteiger partial charge < -0.3 is 4.74 Å². The maximum Gasteiger partial charge on any atom is 0.302 e. The highest BCUT2D eigenvalue weighted by molar-refractivity contribution is 5.66. The molecule has 0 aliphatic heterocycles. The van der Waals surface area contributed by atoms with Crippen LogP contribution in [0.5, 0.6) is 0 Å². The predicted molar refractivity (Wildman–Crippen MR) is 56.7 cm³/mol. The van der Waals surface area contributed by atoms with Crippen LogP contribution < -0.4 is 0 Å².